The van der Waals surface area contributed by atoms with Crippen LogP contribution in [0, 0.1) is 18.3 Å². The first kappa shape index (κ1) is 19.7. The highest BCUT2D eigenvalue weighted by molar-refractivity contribution is 7.98. The van der Waals surface area contributed by atoms with Crippen LogP contribution in [-0.4, -0.2) is 17.6 Å². The highest BCUT2D eigenvalue weighted by atomic mass is 32.2. The molecule has 1 heterocycles. The standard InChI is InChI=1S/C23H20N2O2S/c1-3-27-23(26)21-13-20(14-24)22(25-16(21)2)28-15-17-9-11-19(12-10-17)18-7-5-4-6-8-18/h4-13H,3,15H2,1-2H3. The summed E-state index contributed by atoms with van der Waals surface area (Å²) in [5, 5.41) is 10.1. The summed E-state index contributed by atoms with van der Waals surface area (Å²) in [7, 11) is 0. The fraction of sp³-hybridized carbons (Fsp3) is 0.174. The molecular formula is C23H20N2O2S. The molecular weight excluding hydrogens is 368 g/mol. The molecule has 0 saturated carbocycles. The summed E-state index contributed by atoms with van der Waals surface area (Å²) < 4.78 is 5.03. The second-order valence-corrected chi connectivity index (χ2v) is 7.12. The third kappa shape index (κ3) is 4.59. The summed E-state index contributed by atoms with van der Waals surface area (Å²) in [6.07, 6.45) is 0. The minimum absolute atomic E-state index is 0.287. The van der Waals surface area contributed by atoms with E-state index in [0.29, 0.717) is 27.6 Å². The van der Waals surface area contributed by atoms with Gasteiger partial charge in [-0.15, -0.1) is 11.8 Å². The van der Waals surface area contributed by atoms with Crippen molar-refractivity contribution in [3.63, 3.8) is 0 Å². The maximum absolute atomic E-state index is 12.0. The molecule has 0 atom stereocenters. The number of carbonyl (C=O) groups is 1. The van der Waals surface area contributed by atoms with Gasteiger partial charge in [-0.3, -0.25) is 0 Å². The van der Waals surface area contributed by atoms with Gasteiger partial charge >= 0.3 is 5.97 Å². The molecule has 4 nitrogen and oxygen atoms in total. The summed E-state index contributed by atoms with van der Waals surface area (Å²) in [5.41, 5.74) is 4.79. The van der Waals surface area contributed by atoms with Crippen LogP contribution >= 0.6 is 11.8 Å². The normalized spacial score (nSPS) is 10.3. The summed E-state index contributed by atoms with van der Waals surface area (Å²) in [6, 6.07) is 22.3. The van der Waals surface area contributed by atoms with Gasteiger partial charge < -0.3 is 4.74 Å². The van der Waals surface area contributed by atoms with Crippen LogP contribution in [0.1, 0.15) is 34.1 Å². The van der Waals surface area contributed by atoms with E-state index >= 15 is 0 Å². The van der Waals surface area contributed by atoms with E-state index in [1.54, 1.807) is 19.9 Å². The third-order valence-corrected chi connectivity index (χ3v) is 5.29. The van der Waals surface area contributed by atoms with Gasteiger partial charge in [-0.2, -0.15) is 5.26 Å². The number of rotatable bonds is 6. The second kappa shape index (κ2) is 9.20. The molecule has 3 rings (SSSR count). The van der Waals surface area contributed by atoms with Crippen molar-refractivity contribution in [2.75, 3.05) is 6.61 Å². The van der Waals surface area contributed by atoms with Gasteiger partial charge in [-0.25, -0.2) is 9.78 Å². The molecule has 140 valence electrons. The fourth-order valence-corrected chi connectivity index (χ4v) is 3.72. The zero-order chi connectivity index (χ0) is 19.9. The lowest BCUT2D eigenvalue weighted by atomic mass is 10.0. The Balaban J connectivity index is 1.74. The fourth-order valence-electron chi connectivity index (χ4n) is 2.76. The Labute approximate surface area is 169 Å². The molecule has 0 aliphatic carbocycles. The molecule has 28 heavy (non-hydrogen) atoms. The number of aryl methyl sites for hydroxylation is 1. The Morgan fingerprint density at radius 1 is 1.11 bits per heavy atom. The number of aromatic nitrogens is 1. The second-order valence-electron chi connectivity index (χ2n) is 6.16. The molecule has 0 amide bonds. The number of hydrogen-bond donors (Lipinski definition) is 0. The van der Waals surface area contributed by atoms with Gasteiger partial charge in [0.05, 0.1) is 23.4 Å². The van der Waals surface area contributed by atoms with Crippen molar-refractivity contribution in [2.24, 2.45) is 0 Å². The van der Waals surface area contributed by atoms with E-state index in [9.17, 15) is 10.1 Å². The molecule has 0 radical (unpaired) electrons. The molecule has 0 saturated heterocycles. The van der Waals surface area contributed by atoms with E-state index < -0.39 is 5.97 Å². The van der Waals surface area contributed by atoms with Crippen molar-refractivity contribution in [3.05, 3.63) is 83.0 Å². The topological polar surface area (TPSA) is 63.0 Å². The maximum atomic E-state index is 12.0. The predicted molar refractivity (Wildman–Crippen MR) is 111 cm³/mol. The van der Waals surface area contributed by atoms with Crippen molar-refractivity contribution in [3.8, 4) is 17.2 Å². The molecule has 0 N–H and O–H groups in total. The van der Waals surface area contributed by atoms with E-state index in [4.69, 9.17) is 4.74 Å². The largest absolute Gasteiger partial charge is 0.462 e. The lowest BCUT2D eigenvalue weighted by Crippen LogP contribution is -2.09. The van der Waals surface area contributed by atoms with Crippen LogP contribution in [0.25, 0.3) is 11.1 Å². The lowest BCUT2D eigenvalue weighted by molar-refractivity contribution is 0.0524. The SMILES string of the molecule is CCOC(=O)c1cc(C#N)c(SCc2ccc(-c3ccccc3)cc2)nc1C. The summed E-state index contributed by atoms with van der Waals surface area (Å²) in [5.74, 6) is 0.242. The first-order valence-electron chi connectivity index (χ1n) is 8.98. The van der Waals surface area contributed by atoms with Crippen molar-refractivity contribution >= 4 is 17.7 Å². The van der Waals surface area contributed by atoms with Crippen LogP contribution in [0.2, 0.25) is 0 Å². The number of ether oxygens (including phenoxy) is 1. The highest BCUT2D eigenvalue weighted by Crippen LogP contribution is 2.27. The van der Waals surface area contributed by atoms with Gasteiger partial charge in [0, 0.05) is 5.75 Å². The molecule has 0 aliphatic rings. The molecule has 0 spiro atoms. The van der Waals surface area contributed by atoms with Gasteiger partial charge in [0.1, 0.15) is 11.1 Å². The van der Waals surface area contributed by atoms with Crippen LogP contribution in [0.3, 0.4) is 0 Å². The number of nitriles is 1. The van der Waals surface area contributed by atoms with Crippen LogP contribution in [0.4, 0.5) is 0 Å². The highest BCUT2D eigenvalue weighted by Gasteiger charge is 2.16. The minimum atomic E-state index is -0.447. The zero-order valence-electron chi connectivity index (χ0n) is 15.8. The summed E-state index contributed by atoms with van der Waals surface area (Å²) >= 11 is 1.49. The van der Waals surface area contributed by atoms with Gasteiger partial charge in [0.2, 0.25) is 0 Å². The Bertz CT molecular complexity index is 1010. The molecule has 0 aliphatic heterocycles. The van der Waals surface area contributed by atoms with Crippen molar-refractivity contribution in [2.45, 2.75) is 24.6 Å². The molecule has 0 bridgehead atoms. The number of nitrogens with zero attached hydrogens (tertiary/aromatic N) is 2. The van der Waals surface area contributed by atoms with Crippen molar-refractivity contribution in [1.82, 2.24) is 4.98 Å². The summed E-state index contributed by atoms with van der Waals surface area (Å²) in [6.45, 7) is 3.79. The van der Waals surface area contributed by atoms with Crippen molar-refractivity contribution in [1.29, 1.82) is 5.26 Å². The average molecular weight is 388 g/mol. The average Bonchev–Trinajstić information content (AvgIpc) is 2.73. The van der Waals surface area contributed by atoms with Crippen LogP contribution in [-0.2, 0) is 10.5 Å². The Morgan fingerprint density at radius 3 is 2.43 bits per heavy atom. The Hall–Kier alpha value is -3.10. The molecule has 1 aromatic heterocycles. The van der Waals surface area contributed by atoms with Crippen molar-refractivity contribution < 1.29 is 9.53 Å². The smallest absolute Gasteiger partial charge is 0.340 e. The van der Waals surface area contributed by atoms with Gasteiger partial charge in [-0.05, 0) is 36.6 Å². The Morgan fingerprint density at radius 2 is 1.79 bits per heavy atom. The molecule has 5 heteroatoms. The first-order valence-corrected chi connectivity index (χ1v) is 9.97. The van der Waals surface area contributed by atoms with Gasteiger partial charge in [-0.1, -0.05) is 54.6 Å². The number of pyridine rings is 1. The molecule has 2 aromatic carbocycles. The predicted octanol–water partition coefficient (Wildman–Crippen LogP) is 5.40. The van der Waals surface area contributed by atoms with E-state index in [-0.39, 0.29) is 6.61 Å². The van der Waals surface area contributed by atoms with Crippen LogP contribution in [0.15, 0.2) is 65.7 Å². The summed E-state index contributed by atoms with van der Waals surface area (Å²) in [4.78, 5) is 16.5. The number of thioether (sulfide) groups is 1. The monoisotopic (exact) mass is 388 g/mol. The zero-order valence-corrected chi connectivity index (χ0v) is 16.6. The number of esters is 1. The number of hydrogen-bond acceptors (Lipinski definition) is 5. The van der Waals surface area contributed by atoms with Gasteiger partial charge in [0.25, 0.3) is 0 Å². The van der Waals surface area contributed by atoms with Gasteiger partial charge in [0.15, 0.2) is 0 Å². The lowest BCUT2D eigenvalue weighted by Gasteiger charge is -2.09. The van der Waals surface area contributed by atoms with E-state index in [1.807, 2.05) is 18.2 Å². The van der Waals surface area contributed by atoms with E-state index in [1.165, 1.54) is 22.9 Å². The molecule has 3 aromatic rings. The first-order chi connectivity index (χ1) is 13.6. The quantitative estimate of drug-likeness (QED) is 0.418. The Kier molecular flexibility index (Phi) is 6.46. The third-order valence-electron chi connectivity index (χ3n) is 4.23. The van der Waals surface area contributed by atoms with E-state index in [0.717, 1.165) is 5.56 Å². The maximum Gasteiger partial charge on any atom is 0.340 e. The van der Waals surface area contributed by atoms with E-state index in [2.05, 4.69) is 47.5 Å². The number of benzene rings is 2. The minimum Gasteiger partial charge on any atom is -0.462 e. The van der Waals surface area contributed by atoms with Crippen LogP contribution < -0.4 is 0 Å². The molecule has 0 fully saturated rings. The molecule has 0 unspecified atom stereocenters. The number of carbonyl (C=O) groups excluding carboxylic acids is 1. The van der Waals surface area contributed by atoms with Crippen LogP contribution in [0.5, 0.6) is 0 Å².